The second-order valence-electron chi connectivity index (χ2n) is 4.13. The number of carbonyl (C=O) groups is 2. The second kappa shape index (κ2) is 6.76. The lowest BCUT2D eigenvalue weighted by atomic mass is 9.96. The molecule has 0 atom stereocenters. The van der Waals surface area contributed by atoms with Gasteiger partial charge in [-0.1, -0.05) is 11.6 Å². The second-order valence-corrected chi connectivity index (χ2v) is 4.51. The van der Waals surface area contributed by atoms with Crippen molar-refractivity contribution in [3.63, 3.8) is 0 Å². The number of hydrogen-bond donors (Lipinski definition) is 0. The molecule has 0 fully saturated rings. The average molecular weight is 321 g/mol. The van der Waals surface area contributed by atoms with Gasteiger partial charge >= 0.3 is 0 Å². The van der Waals surface area contributed by atoms with Gasteiger partial charge in [0.1, 0.15) is 0 Å². The Morgan fingerprint density at radius 1 is 1.19 bits per heavy atom. The molecule has 0 aliphatic heterocycles. The first-order valence-corrected chi connectivity index (χ1v) is 6.31. The molecule has 0 bridgehead atoms. The number of halogens is 4. The highest BCUT2D eigenvalue weighted by Gasteiger charge is 2.29. The lowest BCUT2D eigenvalue weighted by Gasteiger charge is -2.11. The van der Waals surface area contributed by atoms with Gasteiger partial charge in [0.05, 0.1) is 29.0 Å². The van der Waals surface area contributed by atoms with E-state index in [0.29, 0.717) is 0 Å². The summed E-state index contributed by atoms with van der Waals surface area (Å²) in [5.41, 5.74) is -1.57. The Hall–Kier alpha value is -1.82. The zero-order valence-electron chi connectivity index (χ0n) is 11.5. The van der Waals surface area contributed by atoms with Crippen LogP contribution in [-0.4, -0.2) is 18.2 Å². The van der Waals surface area contributed by atoms with Crippen LogP contribution in [-0.2, 0) is 9.53 Å². The summed E-state index contributed by atoms with van der Waals surface area (Å²) in [6.45, 7) is 4.00. The lowest BCUT2D eigenvalue weighted by Crippen LogP contribution is -2.16. The smallest absolute Gasteiger partial charge is 0.203 e. The van der Waals surface area contributed by atoms with E-state index in [2.05, 4.69) is 0 Å². The van der Waals surface area contributed by atoms with Crippen LogP contribution < -0.4 is 0 Å². The first-order chi connectivity index (χ1) is 9.73. The van der Waals surface area contributed by atoms with Gasteiger partial charge in [-0.2, -0.15) is 0 Å². The van der Waals surface area contributed by atoms with Gasteiger partial charge in [0.15, 0.2) is 23.2 Å². The molecule has 0 amide bonds. The molecule has 0 aliphatic carbocycles. The van der Waals surface area contributed by atoms with Crippen molar-refractivity contribution >= 4 is 23.2 Å². The predicted octanol–water partition coefficient (Wildman–Crippen LogP) is 3.76. The van der Waals surface area contributed by atoms with Gasteiger partial charge in [-0.25, -0.2) is 13.2 Å². The summed E-state index contributed by atoms with van der Waals surface area (Å²) in [7, 11) is 0. The minimum absolute atomic E-state index is 0.171. The molecule has 7 heteroatoms. The third kappa shape index (κ3) is 3.26. The zero-order valence-corrected chi connectivity index (χ0v) is 12.3. The minimum Gasteiger partial charge on any atom is -0.501 e. The van der Waals surface area contributed by atoms with Gasteiger partial charge in [-0.05, 0) is 26.3 Å². The topological polar surface area (TPSA) is 43.4 Å². The van der Waals surface area contributed by atoms with E-state index in [9.17, 15) is 22.8 Å². The molecule has 21 heavy (non-hydrogen) atoms. The largest absolute Gasteiger partial charge is 0.501 e. The highest BCUT2D eigenvalue weighted by Crippen LogP contribution is 2.30. The van der Waals surface area contributed by atoms with E-state index >= 15 is 0 Å². The average Bonchev–Trinajstić information content (AvgIpc) is 2.43. The summed E-state index contributed by atoms with van der Waals surface area (Å²) in [5, 5.41) is -0.712. The van der Waals surface area contributed by atoms with Gasteiger partial charge in [-0.15, -0.1) is 0 Å². The molecule has 1 rings (SSSR count). The van der Waals surface area contributed by atoms with E-state index in [1.54, 1.807) is 6.92 Å². The van der Waals surface area contributed by atoms with Crippen LogP contribution in [0.1, 0.15) is 29.8 Å². The van der Waals surface area contributed by atoms with E-state index < -0.39 is 45.2 Å². The molecule has 0 aromatic heterocycles. The van der Waals surface area contributed by atoms with Crippen LogP contribution in [0.3, 0.4) is 0 Å². The van der Waals surface area contributed by atoms with Crippen LogP contribution in [0.4, 0.5) is 13.2 Å². The molecule has 0 unspecified atom stereocenters. The van der Waals surface area contributed by atoms with Crippen molar-refractivity contribution in [1.82, 2.24) is 0 Å². The van der Waals surface area contributed by atoms with Gasteiger partial charge in [0, 0.05) is 0 Å². The molecule has 1 aromatic carbocycles. The van der Waals surface area contributed by atoms with E-state index in [-0.39, 0.29) is 12.2 Å². The number of benzene rings is 1. The maximum Gasteiger partial charge on any atom is 0.203 e. The monoisotopic (exact) mass is 320 g/mol. The molecule has 0 aliphatic rings. The van der Waals surface area contributed by atoms with E-state index in [0.717, 1.165) is 20.1 Å². The standard InChI is InChI=1S/C14H12ClF3O3/c1-4-21-5-8(7(3)19)14(20)9-6(2)10(15)12(17)13(18)11(9)16/h5H,4H2,1-3H3/b8-5+. The molecule has 0 heterocycles. The quantitative estimate of drug-likeness (QED) is 0.158. The highest BCUT2D eigenvalue weighted by molar-refractivity contribution is 6.33. The van der Waals surface area contributed by atoms with Crippen LogP contribution in [0.5, 0.6) is 0 Å². The minimum atomic E-state index is -1.87. The fraction of sp³-hybridized carbons (Fsp3) is 0.286. The fourth-order valence-electron chi connectivity index (χ4n) is 1.61. The molecule has 3 nitrogen and oxygen atoms in total. The molecule has 0 N–H and O–H groups in total. The number of Topliss-reactive ketones (excluding diaryl/α,β-unsaturated/α-hetero) is 2. The van der Waals surface area contributed by atoms with Crippen LogP contribution in [0.25, 0.3) is 0 Å². The normalized spacial score (nSPS) is 11.5. The van der Waals surface area contributed by atoms with Crippen molar-refractivity contribution in [2.24, 2.45) is 0 Å². The molecule has 0 radical (unpaired) electrons. The van der Waals surface area contributed by atoms with Gasteiger partial charge in [0.25, 0.3) is 0 Å². The number of ketones is 2. The lowest BCUT2D eigenvalue weighted by molar-refractivity contribution is -0.113. The summed E-state index contributed by atoms with van der Waals surface area (Å²) < 4.78 is 45.3. The van der Waals surface area contributed by atoms with Crippen LogP contribution in [0, 0.1) is 24.4 Å². The zero-order chi connectivity index (χ0) is 16.3. The Kier molecular flexibility index (Phi) is 5.54. The van der Waals surface area contributed by atoms with Crippen molar-refractivity contribution in [2.45, 2.75) is 20.8 Å². The number of ether oxygens (including phenoxy) is 1. The van der Waals surface area contributed by atoms with Gasteiger partial charge < -0.3 is 4.74 Å². The third-order valence-electron chi connectivity index (χ3n) is 2.72. The maximum absolute atomic E-state index is 13.8. The first-order valence-electron chi connectivity index (χ1n) is 5.93. The van der Waals surface area contributed by atoms with Crippen molar-refractivity contribution in [1.29, 1.82) is 0 Å². The van der Waals surface area contributed by atoms with Gasteiger partial charge in [-0.3, -0.25) is 9.59 Å². The molecule has 0 spiro atoms. The Bertz CT molecular complexity index is 610. The van der Waals surface area contributed by atoms with Crippen molar-refractivity contribution in [2.75, 3.05) is 6.61 Å². The number of rotatable bonds is 5. The van der Waals surface area contributed by atoms with Crippen molar-refractivity contribution < 1.29 is 27.5 Å². The van der Waals surface area contributed by atoms with E-state index in [1.807, 2.05) is 0 Å². The number of allylic oxidation sites excluding steroid dienone is 1. The van der Waals surface area contributed by atoms with Crippen molar-refractivity contribution in [3.8, 4) is 0 Å². The van der Waals surface area contributed by atoms with Crippen molar-refractivity contribution in [3.05, 3.63) is 45.4 Å². The Morgan fingerprint density at radius 2 is 1.76 bits per heavy atom. The Balaban J connectivity index is 3.53. The number of carbonyl (C=O) groups excluding carboxylic acids is 2. The van der Waals surface area contributed by atoms with Crippen LogP contribution in [0.15, 0.2) is 11.8 Å². The Labute approximate surface area is 124 Å². The predicted molar refractivity (Wildman–Crippen MR) is 70.8 cm³/mol. The Morgan fingerprint density at radius 3 is 2.24 bits per heavy atom. The summed E-state index contributed by atoms with van der Waals surface area (Å²) >= 11 is 5.52. The maximum atomic E-state index is 13.8. The molecule has 1 aromatic rings. The van der Waals surface area contributed by atoms with Crippen LogP contribution in [0.2, 0.25) is 5.02 Å². The first kappa shape index (κ1) is 17.2. The molecule has 114 valence electrons. The van der Waals surface area contributed by atoms with E-state index in [4.69, 9.17) is 16.3 Å². The highest BCUT2D eigenvalue weighted by atomic mass is 35.5. The van der Waals surface area contributed by atoms with Crippen LogP contribution >= 0.6 is 11.6 Å². The molecular formula is C14H12ClF3O3. The summed E-state index contributed by atoms with van der Waals surface area (Å²) in [4.78, 5) is 23.6. The molecule has 0 saturated carbocycles. The van der Waals surface area contributed by atoms with E-state index in [1.165, 1.54) is 0 Å². The number of hydrogen-bond acceptors (Lipinski definition) is 3. The summed E-state index contributed by atoms with van der Waals surface area (Å²) in [6, 6.07) is 0. The van der Waals surface area contributed by atoms with Gasteiger partial charge in [0.2, 0.25) is 5.78 Å². The molecular weight excluding hydrogens is 309 g/mol. The third-order valence-corrected chi connectivity index (χ3v) is 3.17. The fourth-order valence-corrected chi connectivity index (χ4v) is 1.79. The summed E-state index contributed by atoms with van der Waals surface area (Å²) in [5.74, 6) is -6.96. The summed E-state index contributed by atoms with van der Waals surface area (Å²) in [6.07, 6.45) is 0.860. The SMILES string of the molecule is CCO/C=C(\C(C)=O)C(=O)c1c(C)c(Cl)c(F)c(F)c1F. The molecule has 0 saturated heterocycles.